The number of esters is 1. The largest absolute Gasteiger partial charge is 0.454 e. The maximum atomic E-state index is 12.0. The van der Waals surface area contributed by atoms with Crippen molar-refractivity contribution in [2.24, 2.45) is 0 Å². The lowest BCUT2D eigenvalue weighted by molar-refractivity contribution is 0.0474. The second-order valence-corrected chi connectivity index (χ2v) is 5.00. The van der Waals surface area contributed by atoms with Gasteiger partial charge >= 0.3 is 5.97 Å². The number of carbonyl (C=O) groups excluding carboxylic acids is 2. The van der Waals surface area contributed by atoms with Gasteiger partial charge in [-0.15, -0.1) is 0 Å². The van der Waals surface area contributed by atoms with Crippen LogP contribution in [0.25, 0.3) is 0 Å². The maximum Gasteiger partial charge on any atom is 0.338 e. The van der Waals surface area contributed by atoms with Gasteiger partial charge in [-0.3, -0.25) is 4.79 Å². The molecule has 22 heavy (non-hydrogen) atoms. The molecule has 4 nitrogen and oxygen atoms in total. The summed E-state index contributed by atoms with van der Waals surface area (Å²) in [6.07, 6.45) is 0. The van der Waals surface area contributed by atoms with Crippen LogP contribution in [0.2, 0.25) is 0 Å². The fourth-order valence-corrected chi connectivity index (χ4v) is 1.99. The highest BCUT2D eigenvalue weighted by atomic mass is 16.5. The number of rotatable bonds is 6. The normalized spacial score (nSPS) is 10.3. The van der Waals surface area contributed by atoms with E-state index in [9.17, 15) is 9.59 Å². The number of carbonyl (C=O) groups is 2. The first-order valence-corrected chi connectivity index (χ1v) is 6.95. The number of aryl methyl sites for hydroxylation is 1. The molecule has 0 heterocycles. The maximum absolute atomic E-state index is 12.0. The van der Waals surface area contributed by atoms with Crippen molar-refractivity contribution in [1.29, 1.82) is 0 Å². The van der Waals surface area contributed by atoms with Crippen LogP contribution in [-0.2, 0) is 16.1 Å². The van der Waals surface area contributed by atoms with Crippen LogP contribution in [0, 0.1) is 6.92 Å². The first-order chi connectivity index (χ1) is 10.6. The van der Waals surface area contributed by atoms with Crippen LogP contribution in [0.4, 0.5) is 0 Å². The van der Waals surface area contributed by atoms with Crippen molar-refractivity contribution < 1.29 is 19.1 Å². The second kappa shape index (κ2) is 7.52. The Hall–Kier alpha value is -2.46. The van der Waals surface area contributed by atoms with Gasteiger partial charge in [0.1, 0.15) is 0 Å². The molecule has 0 saturated carbocycles. The topological polar surface area (TPSA) is 52.6 Å². The molecule has 2 aromatic carbocycles. The van der Waals surface area contributed by atoms with Crippen LogP contribution in [0.15, 0.2) is 48.5 Å². The Morgan fingerprint density at radius 3 is 2.41 bits per heavy atom. The molecular weight excluding hydrogens is 280 g/mol. The van der Waals surface area contributed by atoms with E-state index in [-0.39, 0.29) is 12.4 Å². The summed E-state index contributed by atoms with van der Waals surface area (Å²) in [6.45, 7) is 2.10. The zero-order chi connectivity index (χ0) is 15.9. The summed E-state index contributed by atoms with van der Waals surface area (Å²) in [7, 11) is 1.59. The van der Waals surface area contributed by atoms with E-state index in [0.717, 1.165) is 11.1 Å². The quantitative estimate of drug-likeness (QED) is 0.607. The Bertz CT molecular complexity index is 659. The third-order valence-corrected chi connectivity index (χ3v) is 3.18. The summed E-state index contributed by atoms with van der Waals surface area (Å²) in [4.78, 5) is 23.9. The summed E-state index contributed by atoms with van der Waals surface area (Å²) >= 11 is 0. The van der Waals surface area contributed by atoms with Crippen molar-refractivity contribution in [3.8, 4) is 0 Å². The fraction of sp³-hybridized carbons (Fsp3) is 0.222. The van der Waals surface area contributed by atoms with Gasteiger partial charge in [-0.05, 0) is 24.6 Å². The van der Waals surface area contributed by atoms with Gasteiger partial charge in [0, 0.05) is 12.7 Å². The minimum absolute atomic E-state index is 0.221. The average Bonchev–Trinajstić information content (AvgIpc) is 2.53. The van der Waals surface area contributed by atoms with Gasteiger partial charge < -0.3 is 9.47 Å². The van der Waals surface area contributed by atoms with Gasteiger partial charge in [-0.25, -0.2) is 4.79 Å². The van der Waals surface area contributed by atoms with Gasteiger partial charge in [0.25, 0.3) is 0 Å². The molecule has 0 aromatic heterocycles. The molecule has 0 aliphatic heterocycles. The monoisotopic (exact) mass is 298 g/mol. The molecule has 0 radical (unpaired) electrons. The highest BCUT2D eigenvalue weighted by Crippen LogP contribution is 2.09. The predicted molar refractivity (Wildman–Crippen MR) is 82.9 cm³/mol. The van der Waals surface area contributed by atoms with E-state index in [1.54, 1.807) is 37.4 Å². The van der Waals surface area contributed by atoms with Crippen LogP contribution in [0.3, 0.4) is 0 Å². The number of hydrogen-bond acceptors (Lipinski definition) is 4. The van der Waals surface area contributed by atoms with Crippen molar-refractivity contribution in [2.45, 2.75) is 13.5 Å². The Labute approximate surface area is 129 Å². The Morgan fingerprint density at radius 2 is 1.73 bits per heavy atom. The lowest BCUT2D eigenvalue weighted by atomic mass is 10.1. The lowest BCUT2D eigenvalue weighted by Gasteiger charge is -2.06. The Balaban J connectivity index is 1.96. The van der Waals surface area contributed by atoms with Gasteiger partial charge in [0.2, 0.25) is 0 Å². The highest BCUT2D eigenvalue weighted by molar-refractivity contribution is 5.99. The zero-order valence-electron chi connectivity index (χ0n) is 12.7. The van der Waals surface area contributed by atoms with Crippen molar-refractivity contribution in [1.82, 2.24) is 0 Å². The average molecular weight is 298 g/mol. The van der Waals surface area contributed by atoms with Crippen LogP contribution in [0.1, 0.15) is 31.8 Å². The van der Waals surface area contributed by atoms with E-state index in [0.29, 0.717) is 17.7 Å². The van der Waals surface area contributed by atoms with Crippen molar-refractivity contribution in [3.63, 3.8) is 0 Å². The third kappa shape index (κ3) is 4.27. The van der Waals surface area contributed by atoms with Crippen LogP contribution in [-0.4, -0.2) is 25.5 Å². The summed E-state index contributed by atoms with van der Waals surface area (Å²) in [5.74, 6) is -0.736. The zero-order valence-corrected chi connectivity index (χ0v) is 12.7. The molecule has 2 rings (SSSR count). The van der Waals surface area contributed by atoms with E-state index < -0.39 is 5.97 Å². The molecule has 0 saturated heterocycles. The second-order valence-electron chi connectivity index (χ2n) is 5.00. The van der Waals surface area contributed by atoms with Gasteiger partial charge in [-0.2, -0.15) is 0 Å². The highest BCUT2D eigenvalue weighted by Gasteiger charge is 2.12. The van der Waals surface area contributed by atoms with Crippen LogP contribution < -0.4 is 0 Å². The van der Waals surface area contributed by atoms with Gasteiger partial charge in [0.05, 0.1) is 12.2 Å². The molecule has 0 aliphatic rings. The number of methoxy groups -OCH3 is 1. The minimum Gasteiger partial charge on any atom is -0.454 e. The summed E-state index contributed by atoms with van der Waals surface area (Å²) in [5, 5.41) is 0. The van der Waals surface area contributed by atoms with E-state index >= 15 is 0 Å². The summed E-state index contributed by atoms with van der Waals surface area (Å²) < 4.78 is 10.1. The fourth-order valence-electron chi connectivity index (χ4n) is 1.99. The molecule has 0 unspecified atom stereocenters. The molecule has 0 bridgehead atoms. The molecule has 4 heteroatoms. The number of ether oxygens (including phenoxy) is 2. The Kier molecular flexibility index (Phi) is 5.44. The first-order valence-electron chi connectivity index (χ1n) is 6.95. The van der Waals surface area contributed by atoms with E-state index in [4.69, 9.17) is 9.47 Å². The van der Waals surface area contributed by atoms with Crippen LogP contribution in [0.5, 0.6) is 0 Å². The SMILES string of the molecule is COCc1cccc(C(=O)OCC(=O)c2ccc(C)cc2)c1. The van der Waals surface area contributed by atoms with Gasteiger partial charge in [-0.1, -0.05) is 42.0 Å². The predicted octanol–water partition coefficient (Wildman–Crippen LogP) is 3.18. The first kappa shape index (κ1) is 15.9. The third-order valence-electron chi connectivity index (χ3n) is 3.18. The smallest absolute Gasteiger partial charge is 0.338 e. The number of hydrogen-bond donors (Lipinski definition) is 0. The van der Waals surface area contributed by atoms with Crippen molar-refractivity contribution in [2.75, 3.05) is 13.7 Å². The molecule has 114 valence electrons. The van der Waals surface area contributed by atoms with Crippen LogP contribution >= 0.6 is 0 Å². The van der Waals surface area contributed by atoms with Crippen molar-refractivity contribution >= 4 is 11.8 Å². The minimum atomic E-state index is -0.515. The molecule has 0 atom stereocenters. The number of Topliss-reactive ketones (excluding diaryl/α,β-unsaturated/α-hetero) is 1. The molecule has 0 fully saturated rings. The van der Waals surface area contributed by atoms with E-state index in [1.807, 2.05) is 25.1 Å². The van der Waals surface area contributed by atoms with E-state index in [2.05, 4.69) is 0 Å². The summed E-state index contributed by atoms with van der Waals surface area (Å²) in [5.41, 5.74) is 2.89. The molecule has 0 aliphatic carbocycles. The molecule has 0 N–H and O–H groups in total. The Morgan fingerprint density at radius 1 is 1.00 bits per heavy atom. The number of ketones is 1. The van der Waals surface area contributed by atoms with Gasteiger partial charge in [0.15, 0.2) is 12.4 Å². The van der Waals surface area contributed by atoms with E-state index in [1.165, 1.54) is 0 Å². The summed E-state index contributed by atoms with van der Waals surface area (Å²) in [6, 6.07) is 14.1. The lowest BCUT2D eigenvalue weighted by Crippen LogP contribution is -2.14. The van der Waals surface area contributed by atoms with Crippen molar-refractivity contribution in [3.05, 3.63) is 70.8 Å². The molecule has 2 aromatic rings. The molecule has 0 amide bonds. The standard InChI is InChI=1S/C18H18O4/c1-13-6-8-15(9-7-13)17(19)12-22-18(20)16-5-3-4-14(10-16)11-21-2/h3-10H,11-12H2,1-2H3. The molecular formula is C18H18O4. The molecule has 0 spiro atoms. The number of benzene rings is 2.